The van der Waals surface area contributed by atoms with Gasteiger partial charge in [0.1, 0.15) is 6.07 Å². The van der Waals surface area contributed by atoms with Crippen LogP contribution in [0.5, 0.6) is 0 Å². The van der Waals surface area contributed by atoms with Crippen molar-refractivity contribution in [2.75, 3.05) is 7.05 Å². The molecule has 0 bridgehead atoms. The van der Waals surface area contributed by atoms with E-state index >= 15 is 0 Å². The van der Waals surface area contributed by atoms with Gasteiger partial charge in [-0.1, -0.05) is 12.8 Å². The number of carboxylic acid groups (broad SMARTS) is 1. The topological polar surface area (TPSA) is 90.1 Å². The summed E-state index contributed by atoms with van der Waals surface area (Å²) in [5.41, 5.74) is 2.57. The fourth-order valence-electron chi connectivity index (χ4n) is 3.64. The van der Waals surface area contributed by atoms with Crippen LogP contribution in [0.1, 0.15) is 42.6 Å². The van der Waals surface area contributed by atoms with Gasteiger partial charge < -0.3 is 10.0 Å². The molecular weight excluding hydrogens is 416 g/mol. The maximum Gasteiger partial charge on any atom is 0.407 e. The van der Waals surface area contributed by atoms with Gasteiger partial charge in [0.15, 0.2) is 5.69 Å². The summed E-state index contributed by atoms with van der Waals surface area (Å²) in [6, 6.07) is 5.76. The first kappa shape index (κ1) is 18.8. The Balaban J connectivity index is 2.03. The molecule has 0 aliphatic heterocycles. The highest BCUT2D eigenvalue weighted by molar-refractivity contribution is 9.10. The van der Waals surface area contributed by atoms with Gasteiger partial charge in [0.2, 0.25) is 0 Å². The minimum Gasteiger partial charge on any atom is -0.465 e. The van der Waals surface area contributed by atoms with Crippen molar-refractivity contribution in [2.24, 2.45) is 0 Å². The molecule has 0 aromatic carbocycles. The molecule has 0 spiro atoms. The Kier molecular flexibility index (Phi) is 5.30. The number of amides is 1. The van der Waals surface area contributed by atoms with Crippen LogP contribution in [0.25, 0.3) is 10.6 Å². The molecule has 3 rings (SSSR count). The SMILES string of the molecule is Cc1nsc(-c2ccc(Br)c(C#N)n2)c1CC1(N(C)C(=O)O)CCCC1. The Morgan fingerprint density at radius 1 is 1.46 bits per heavy atom. The molecule has 1 fully saturated rings. The van der Waals surface area contributed by atoms with Crippen molar-refractivity contribution in [1.82, 2.24) is 14.3 Å². The zero-order valence-corrected chi connectivity index (χ0v) is 17.0. The molecule has 0 atom stereocenters. The molecule has 8 heteroatoms. The maximum atomic E-state index is 11.6. The van der Waals surface area contributed by atoms with Crippen LogP contribution in [0.4, 0.5) is 4.79 Å². The zero-order chi connectivity index (χ0) is 18.9. The summed E-state index contributed by atoms with van der Waals surface area (Å²) >= 11 is 4.69. The molecular formula is C18H19BrN4O2S. The van der Waals surface area contributed by atoms with Crippen LogP contribution in [0.2, 0.25) is 0 Å². The standard InChI is InChI=1S/C18H19BrN4O2S/c1-11-12(9-18(7-3-4-8-18)23(2)17(24)25)16(26-22-11)14-6-5-13(19)15(10-20)21-14/h5-6H,3-4,7-9H2,1-2H3,(H,24,25). The van der Waals surface area contributed by atoms with E-state index in [1.807, 2.05) is 19.1 Å². The first-order valence-corrected chi connectivity index (χ1v) is 9.93. The fourth-order valence-corrected chi connectivity index (χ4v) is 4.83. The van der Waals surface area contributed by atoms with E-state index in [1.54, 1.807) is 7.05 Å². The summed E-state index contributed by atoms with van der Waals surface area (Å²) in [6.07, 6.45) is 3.47. The normalized spacial score (nSPS) is 15.6. The van der Waals surface area contributed by atoms with Crippen LogP contribution in [0.15, 0.2) is 16.6 Å². The average molecular weight is 435 g/mol. The van der Waals surface area contributed by atoms with Gasteiger partial charge in [-0.05, 0) is 71.3 Å². The second-order valence-corrected chi connectivity index (χ2v) is 8.29. The summed E-state index contributed by atoms with van der Waals surface area (Å²) in [5, 5.41) is 18.8. The average Bonchev–Trinajstić information content (AvgIpc) is 3.23. The lowest BCUT2D eigenvalue weighted by Gasteiger charge is -2.37. The van der Waals surface area contributed by atoms with Crippen LogP contribution >= 0.6 is 27.5 Å². The van der Waals surface area contributed by atoms with Gasteiger partial charge >= 0.3 is 6.09 Å². The molecule has 1 aliphatic rings. The second-order valence-electron chi connectivity index (χ2n) is 6.66. The molecule has 1 N–H and O–H groups in total. The molecule has 1 saturated carbocycles. The van der Waals surface area contributed by atoms with Crippen LogP contribution in [0.3, 0.4) is 0 Å². The minimum absolute atomic E-state index is 0.331. The number of hydrogen-bond donors (Lipinski definition) is 1. The van der Waals surface area contributed by atoms with Crippen molar-refractivity contribution >= 4 is 33.6 Å². The number of aryl methyl sites for hydroxylation is 1. The quantitative estimate of drug-likeness (QED) is 0.757. The van der Waals surface area contributed by atoms with Crippen molar-refractivity contribution in [2.45, 2.75) is 44.6 Å². The monoisotopic (exact) mass is 434 g/mol. The number of rotatable bonds is 4. The molecule has 1 aliphatic carbocycles. The summed E-state index contributed by atoms with van der Waals surface area (Å²) in [5.74, 6) is 0. The Hall–Kier alpha value is -1.98. The van der Waals surface area contributed by atoms with Crippen LogP contribution in [-0.2, 0) is 6.42 Å². The molecule has 6 nitrogen and oxygen atoms in total. The van der Waals surface area contributed by atoms with Crippen molar-refractivity contribution < 1.29 is 9.90 Å². The van der Waals surface area contributed by atoms with E-state index in [-0.39, 0.29) is 0 Å². The molecule has 26 heavy (non-hydrogen) atoms. The Morgan fingerprint density at radius 3 is 2.77 bits per heavy atom. The van der Waals surface area contributed by atoms with E-state index in [0.29, 0.717) is 22.3 Å². The van der Waals surface area contributed by atoms with E-state index in [9.17, 15) is 15.2 Å². The van der Waals surface area contributed by atoms with Gasteiger partial charge in [-0.2, -0.15) is 9.64 Å². The largest absolute Gasteiger partial charge is 0.465 e. The third kappa shape index (κ3) is 3.33. The molecule has 136 valence electrons. The minimum atomic E-state index is -0.900. The smallest absolute Gasteiger partial charge is 0.407 e. The zero-order valence-electron chi connectivity index (χ0n) is 14.6. The van der Waals surface area contributed by atoms with E-state index in [1.165, 1.54) is 16.4 Å². The molecule has 0 saturated heterocycles. The van der Waals surface area contributed by atoms with E-state index in [4.69, 9.17) is 0 Å². The molecule has 2 heterocycles. The molecule has 0 radical (unpaired) electrons. The van der Waals surface area contributed by atoms with Crippen molar-refractivity contribution in [1.29, 1.82) is 5.26 Å². The van der Waals surface area contributed by atoms with Crippen molar-refractivity contribution in [3.63, 3.8) is 0 Å². The lowest BCUT2D eigenvalue weighted by molar-refractivity contribution is 0.0952. The lowest BCUT2D eigenvalue weighted by atomic mass is 9.86. The van der Waals surface area contributed by atoms with Crippen molar-refractivity contribution in [3.8, 4) is 16.6 Å². The third-order valence-corrected chi connectivity index (χ3v) is 6.85. The molecule has 0 unspecified atom stereocenters. The van der Waals surface area contributed by atoms with Gasteiger partial charge in [0.25, 0.3) is 0 Å². The van der Waals surface area contributed by atoms with E-state index in [0.717, 1.165) is 41.8 Å². The maximum absolute atomic E-state index is 11.6. The Labute approximate surface area is 164 Å². The third-order valence-electron chi connectivity index (χ3n) is 5.21. The Bertz CT molecular complexity index is 884. The summed E-state index contributed by atoms with van der Waals surface area (Å²) in [4.78, 5) is 18.5. The van der Waals surface area contributed by atoms with Crippen LogP contribution in [0, 0.1) is 18.3 Å². The number of pyridine rings is 1. The Morgan fingerprint density at radius 2 is 2.15 bits per heavy atom. The van der Waals surface area contributed by atoms with Gasteiger partial charge in [0.05, 0.1) is 26.3 Å². The number of hydrogen-bond acceptors (Lipinski definition) is 5. The van der Waals surface area contributed by atoms with Crippen LogP contribution < -0.4 is 0 Å². The van der Waals surface area contributed by atoms with E-state index < -0.39 is 11.6 Å². The van der Waals surface area contributed by atoms with Crippen molar-refractivity contribution in [3.05, 3.63) is 33.6 Å². The lowest BCUT2D eigenvalue weighted by Crippen LogP contribution is -2.48. The van der Waals surface area contributed by atoms with Gasteiger partial charge in [-0.3, -0.25) is 0 Å². The number of carbonyl (C=O) groups is 1. The van der Waals surface area contributed by atoms with Crippen LogP contribution in [-0.4, -0.2) is 38.0 Å². The number of halogens is 1. The van der Waals surface area contributed by atoms with Gasteiger partial charge in [-0.15, -0.1) is 0 Å². The summed E-state index contributed by atoms with van der Waals surface area (Å²) < 4.78 is 5.15. The fraction of sp³-hybridized carbons (Fsp3) is 0.444. The highest BCUT2D eigenvalue weighted by Crippen LogP contribution is 2.41. The highest BCUT2D eigenvalue weighted by Gasteiger charge is 2.41. The van der Waals surface area contributed by atoms with E-state index in [2.05, 4.69) is 31.4 Å². The highest BCUT2D eigenvalue weighted by atomic mass is 79.9. The molecule has 1 amide bonds. The first-order valence-electron chi connectivity index (χ1n) is 8.37. The molecule has 2 aromatic heterocycles. The summed E-state index contributed by atoms with van der Waals surface area (Å²) in [6.45, 7) is 1.95. The van der Waals surface area contributed by atoms with Gasteiger partial charge in [-0.25, -0.2) is 9.78 Å². The predicted molar refractivity (Wildman–Crippen MR) is 103 cm³/mol. The number of aromatic nitrogens is 2. The first-order chi connectivity index (χ1) is 12.4. The van der Waals surface area contributed by atoms with Gasteiger partial charge in [0, 0.05) is 7.05 Å². The second kappa shape index (κ2) is 7.33. The summed E-state index contributed by atoms with van der Waals surface area (Å²) in [7, 11) is 1.66. The number of likely N-dealkylation sites (N-methyl/N-ethyl adjacent to an activating group) is 1. The number of nitrogens with zero attached hydrogens (tertiary/aromatic N) is 4. The predicted octanol–water partition coefficient (Wildman–Crippen LogP) is 4.61. The molecule has 2 aromatic rings. The number of nitriles is 1.